The summed E-state index contributed by atoms with van der Waals surface area (Å²) >= 11 is 11.8. The fourth-order valence-corrected chi connectivity index (χ4v) is 1.56. The zero-order valence-electron chi connectivity index (χ0n) is 8.77. The van der Waals surface area contributed by atoms with E-state index in [2.05, 4.69) is 16.0 Å². The van der Waals surface area contributed by atoms with Gasteiger partial charge in [0, 0.05) is 0 Å². The highest BCUT2D eigenvalue weighted by atomic mass is 35.5. The second-order valence-corrected chi connectivity index (χ2v) is 4.02. The Morgan fingerprint density at radius 2 is 1.59 bits per heavy atom. The van der Waals surface area contributed by atoms with Crippen LogP contribution in [0.5, 0.6) is 0 Å². The SMILES string of the molecule is Clc1cccc(N=C=Nc2ccccc2)c1Cl. The monoisotopic (exact) mass is 262 g/mol. The summed E-state index contributed by atoms with van der Waals surface area (Å²) in [5.74, 6) is 0. The van der Waals surface area contributed by atoms with E-state index >= 15 is 0 Å². The van der Waals surface area contributed by atoms with Gasteiger partial charge in [0.05, 0.1) is 21.4 Å². The van der Waals surface area contributed by atoms with Gasteiger partial charge < -0.3 is 0 Å². The van der Waals surface area contributed by atoms with Crippen LogP contribution in [0.25, 0.3) is 0 Å². The molecule has 0 aliphatic heterocycles. The Kier molecular flexibility index (Phi) is 3.94. The van der Waals surface area contributed by atoms with Crippen LogP contribution in [-0.2, 0) is 0 Å². The Balaban J connectivity index is 2.27. The van der Waals surface area contributed by atoms with Crippen molar-refractivity contribution in [3.05, 3.63) is 58.6 Å². The van der Waals surface area contributed by atoms with Gasteiger partial charge in [0.1, 0.15) is 6.01 Å². The molecule has 0 amide bonds. The predicted octanol–water partition coefficient (Wildman–Crippen LogP) is 5.13. The van der Waals surface area contributed by atoms with Crippen LogP contribution < -0.4 is 0 Å². The van der Waals surface area contributed by atoms with Crippen LogP contribution >= 0.6 is 23.2 Å². The number of nitrogens with zero attached hydrogens (tertiary/aromatic N) is 2. The summed E-state index contributed by atoms with van der Waals surface area (Å²) in [5, 5.41) is 0.874. The molecule has 0 radical (unpaired) electrons. The maximum Gasteiger partial charge on any atom is 0.101 e. The number of rotatable bonds is 2. The van der Waals surface area contributed by atoms with Crippen molar-refractivity contribution in [1.29, 1.82) is 0 Å². The summed E-state index contributed by atoms with van der Waals surface area (Å²) in [6, 6.07) is 17.3. The van der Waals surface area contributed by atoms with Gasteiger partial charge in [-0.1, -0.05) is 47.5 Å². The summed E-state index contributed by atoms with van der Waals surface area (Å²) < 4.78 is 0. The molecule has 4 heteroatoms. The smallest absolute Gasteiger partial charge is 0.101 e. The van der Waals surface area contributed by atoms with Crippen molar-refractivity contribution in [1.82, 2.24) is 0 Å². The molecule has 2 nitrogen and oxygen atoms in total. The van der Waals surface area contributed by atoms with E-state index in [1.54, 1.807) is 18.2 Å². The van der Waals surface area contributed by atoms with Crippen molar-refractivity contribution in [3.8, 4) is 0 Å². The zero-order chi connectivity index (χ0) is 12.1. The molecule has 84 valence electrons. The van der Waals surface area contributed by atoms with E-state index in [9.17, 15) is 0 Å². The lowest BCUT2D eigenvalue weighted by atomic mass is 10.3. The third kappa shape index (κ3) is 3.18. The first-order valence-corrected chi connectivity index (χ1v) is 5.68. The van der Waals surface area contributed by atoms with E-state index < -0.39 is 0 Å². The molecule has 0 spiro atoms. The van der Waals surface area contributed by atoms with Crippen molar-refractivity contribution in [2.45, 2.75) is 0 Å². The molecule has 0 aliphatic rings. The summed E-state index contributed by atoms with van der Waals surface area (Å²) in [6.07, 6.45) is 0. The standard InChI is InChI=1S/C13H8Cl2N2/c14-11-7-4-8-12(13(11)15)17-9-16-10-5-2-1-3-6-10/h1-8H. The predicted molar refractivity (Wildman–Crippen MR) is 72.1 cm³/mol. The molecular weight excluding hydrogens is 255 g/mol. The molecular formula is C13H8Cl2N2. The molecule has 0 atom stereocenters. The van der Waals surface area contributed by atoms with Crippen LogP contribution in [0.15, 0.2) is 58.5 Å². The maximum atomic E-state index is 5.97. The summed E-state index contributed by atoms with van der Waals surface area (Å²) in [4.78, 5) is 8.08. The van der Waals surface area contributed by atoms with Crippen LogP contribution in [0, 0.1) is 0 Å². The fourth-order valence-electron chi connectivity index (χ4n) is 1.22. The summed E-state index contributed by atoms with van der Waals surface area (Å²) in [7, 11) is 0. The normalized spacial score (nSPS) is 9.53. The van der Waals surface area contributed by atoms with Crippen LogP contribution in [0.2, 0.25) is 10.0 Å². The molecule has 0 fully saturated rings. The highest BCUT2D eigenvalue weighted by molar-refractivity contribution is 6.43. The summed E-state index contributed by atoms with van der Waals surface area (Å²) in [6.45, 7) is 0. The van der Waals surface area contributed by atoms with Gasteiger partial charge in [-0.15, -0.1) is 0 Å². The van der Waals surface area contributed by atoms with Crippen molar-refractivity contribution in [2.75, 3.05) is 0 Å². The van der Waals surface area contributed by atoms with E-state index in [0.29, 0.717) is 15.7 Å². The second kappa shape index (κ2) is 5.65. The number of halogens is 2. The van der Waals surface area contributed by atoms with Gasteiger partial charge >= 0.3 is 0 Å². The second-order valence-electron chi connectivity index (χ2n) is 3.23. The highest BCUT2D eigenvalue weighted by Crippen LogP contribution is 2.31. The Labute approximate surface area is 109 Å². The minimum absolute atomic E-state index is 0.407. The first-order chi connectivity index (χ1) is 8.27. The van der Waals surface area contributed by atoms with Crippen molar-refractivity contribution in [2.24, 2.45) is 9.98 Å². The van der Waals surface area contributed by atoms with E-state index in [1.165, 1.54) is 0 Å². The van der Waals surface area contributed by atoms with Crippen molar-refractivity contribution in [3.63, 3.8) is 0 Å². The molecule has 0 heterocycles. The molecule has 2 aromatic carbocycles. The fraction of sp³-hybridized carbons (Fsp3) is 0. The molecule has 0 aromatic heterocycles. The van der Waals surface area contributed by atoms with E-state index in [4.69, 9.17) is 23.2 Å². The van der Waals surface area contributed by atoms with E-state index in [1.807, 2.05) is 30.3 Å². The van der Waals surface area contributed by atoms with Gasteiger partial charge in [-0.2, -0.15) is 9.98 Å². The molecule has 0 N–H and O–H groups in total. The van der Waals surface area contributed by atoms with Gasteiger partial charge in [0.2, 0.25) is 0 Å². The quantitative estimate of drug-likeness (QED) is 0.671. The first kappa shape index (κ1) is 11.9. The Bertz CT molecular complexity index is 573. The van der Waals surface area contributed by atoms with E-state index in [-0.39, 0.29) is 0 Å². The van der Waals surface area contributed by atoms with Gasteiger partial charge in [0.25, 0.3) is 0 Å². The van der Waals surface area contributed by atoms with Crippen molar-refractivity contribution < 1.29 is 0 Å². The molecule has 0 bridgehead atoms. The first-order valence-electron chi connectivity index (χ1n) is 4.93. The van der Waals surface area contributed by atoms with Gasteiger partial charge in [0.15, 0.2) is 0 Å². The number of para-hydroxylation sites is 1. The zero-order valence-corrected chi connectivity index (χ0v) is 10.3. The number of hydrogen-bond donors (Lipinski definition) is 0. The van der Waals surface area contributed by atoms with Crippen LogP contribution in [0.1, 0.15) is 0 Å². The van der Waals surface area contributed by atoms with Crippen molar-refractivity contribution >= 4 is 40.6 Å². The van der Waals surface area contributed by atoms with Crippen LogP contribution in [0.3, 0.4) is 0 Å². The lowest BCUT2D eigenvalue weighted by molar-refractivity contribution is 1.49. The Morgan fingerprint density at radius 1 is 0.824 bits per heavy atom. The molecule has 2 rings (SSSR count). The maximum absolute atomic E-state index is 5.97. The number of aliphatic imine (C=N–C) groups is 2. The average molecular weight is 263 g/mol. The molecule has 2 aromatic rings. The van der Waals surface area contributed by atoms with Gasteiger partial charge in [-0.25, -0.2) is 0 Å². The highest BCUT2D eigenvalue weighted by Gasteiger charge is 2.01. The molecule has 0 aliphatic carbocycles. The third-order valence-electron chi connectivity index (χ3n) is 2.04. The topological polar surface area (TPSA) is 24.7 Å². The number of hydrogen-bond acceptors (Lipinski definition) is 2. The lowest BCUT2D eigenvalue weighted by Gasteiger charge is -1.96. The minimum Gasteiger partial charge on any atom is -0.188 e. The molecule has 0 saturated heterocycles. The molecule has 0 saturated carbocycles. The van der Waals surface area contributed by atoms with Gasteiger partial charge in [-0.3, -0.25) is 0 Å². The third-order valence-corrected chi connectivity index (χ3v) is 2.85. The lowest BCUT2D eigenvalue weighted by Crippen LogP contribution is -1.70. The summed E-state index contributed by atoms with van der Waals surface area (Å²) in [5.41, 5.74) is 1.34. The van der Waals surface area contributed by atoms with Gasteiger partial charge in [-0.05, 0) is 24.3 Å². The average Bonchev–Trinajstić information content (AvgIpc) is 2.36. The Morgan fingerprint density at radius 3 is 2.35 bits per heavy atom. The Hall–Kier alpha value is -1.60. The van der Waals surface area contributed by atoms with Crippen LogP contribution in [-0.4, -0.2) is 6.01 Å². The van der Waals surface area contributed by atoms with E-state index in [0.717, 1.165) is 5.69 Å². The largest absolute Gasteiger partial charge is 0.188 e. The van der Waals surface area contributed by atoms with Crippen LogP contribution in [0.4, 0.5) is 11.4 Å². The minimum atomic E-state index is 0.407. The molecule has 17 heavy (non-hydrogen) atoms. The number of benzene rings is 2. The molecule has 0 unspecified atom stereocenters.